The summed E-state index contributed by atoms with van der Waals surface area (Å²) in [5, 5.41) is 17.3. The van der Waals surface area contributed by atoms with Gasteiger partial charge in [-0.05, 0) is 11.5 Å². The Bertz CT molecular complexity index is 63.6. The molecule has 0 heterocycles. The summed E-state index contributed by atoms with van der Waals surface area (Å²) in [5.74, 6) is 1.12. The molecular formula is C6H12O2Rf2S-2. The normalized spacial score (nSPS) is 14.2. The van der Waals surface area contributed by atoms with Crippen molar-refractivity contribution >= 4 is 11.8 Å². The van der Waals surface area contributed by atoms with Crippen molar-refractivity contribution < 1.29 is 10.2 Å². The molecule has 0 aromatic carbocycles. The molecule has 60 valence electrons. The molecule has 0 amide bonds. The van der Waals surface area contributed by atoms with Crippen molar-refractivity contribution in [1.29, 1.82) is 0 Å². The molecule has 0 bridgehead atoms. The van der Waals surface area contributed by atoms with E-state index in [2.05, 4.69) is 13.8 Å². The number of rotatable bonds is 4. The van der Waals surface area contributed by atoms with Gasteiger partial charge in [-0.3, -0.25) is 0 Å². The molecule has 0 saturated carbocycles. The van der Waals surface area contributed by atoms with Crippen LogP contribution < -0.4 is 0 Å². The van der Waals surface area contributed by atoms with E-state index in [4.69, 9.17) is 10.2 Å². The van der Waals surface area contributed by atoms with Gasteiger partial charge < -0.3 is 24.1 Å². The summed E-state index contributed by atoms with van der Waals surface area (Å²) in [6.45, 7) is 6.74. The number of thioether (sulfide) groups is 1. The zero-order valence-corrected chi connectivity index (χ0v) is 20.3. The van der Waals surface area contributed by atoms with Crippen LogP contribution in [0.4, 0.5) is 0 Å². The molecule has 2 N–H and O–H groups in total. The predicted octanol–water partition coefficient (Wildman–Crippen LogP) is 0.110. The van der Waals surface area contributed by atoms with Crippen LogP contribution in [0.1, 0.15) is 0 Å². The number of aliphatic hydroxyl groups is 2. The Morgan fingerprint density at radius 2 is 1.27 bits per heavy atom. The largest absolute Gasteiger partial charge is 0.424 e. The summed E-state index contributed by atoms with van der Waals surface area (Å²) in [6, 6.07) is 0. The zero-order valence-electron chi connectivity index (χ0n) is 6.70. The van der Waals surface area contributed by atoms with Gasteiger partial charge in [-0.2, -0.15) is 11.8 Å². The number of hydrogen-bond acceptors (Lipinski definition) is 3. The summed E-state index contributed by atoms with van der Waals surface area (Å²) in [5.41, 5.74) is 0. The number of aliphatic hydroxyl groups excluding tert-OH is 2. The first-order valence-corrected chi connectivity index (χ1v) is 3.88. The molecule has 2 atom stereocenters. The molecule has 11 heavy (non-hydrogen) atoms. The minimum atomic E-state index is -0.534. The van der Waals surface area contributed by atoms with Gasteiger partial charge in [0, 0.05) is 0 Å². The molecule has 2 nitrogen and oxygen atoms in total. The van der Waals surface area contributed by atoms with E-state index >= 15 is 0 Å². The fraction of sp³-hybridized carbons (Fsp3) is 0.667. The van der Waals surface area contributed by atoms with Crippen LogP contribution in [0.3, 0.4) is 0 Å². The van der Waals surface area contributed by atoms with Crippen LogP contribution in [0.15, 0.2) is 0 Å². The predicted molar refractivity (Wildman–Crippen MR) is 40.1 cm³/mol. The Kier molecular flexibility index (Phi) is 12.1. The first-order valence-electron chi connectivity index (χ1n) is 2.73. The minimum absolute atomic E-state index is 0. The summed E-state index contributed by atoms with van der Waals surface area (Å²) < 4.78 is 0. The second-order valence-corrected chi connectivity index (χ2v) is 2.92. The first kappa shape index (κ1) is 16.1. The molecule has 0 saturated heterocycles. The van der Waals surface area contributed by atoms with E-state index < -0.39 is 12.2 Å². The average Bonchev–Trinajstić information content (AvgIpc) is 1.63. The maximum Gasteiger partial charge on any atom is 0 e. The van der Waals surface area contributed by atoms with Crippen LogP contribution in [-0.2, 0) is 0 Å². The summed E-state index contributed by atoms with van der Waals surface area (Å²) >= 11 is 1.44. The molecule has 0 spiro atoms. The summed E-state index contributed by atoms with van der Waals surface area (Å²) in [4.78, 5) is 0. The van der Waals surface area contributed by atoms with Crippen molar-refractivity contribution in [2.45, 2.75) is 12.2 Å². The minimum Gasteiger partial charge on any atom is -0.424 e. The van der Waals surface area contributed by atoms with E-state index in [1.807, 2.05) is 0 Å². The van der Waals surface area contributed by atoms with E-state index in [0.717, 1.165) is 0 Å². The third-order valence-electron chi connectivity index (χ3n) is 0.620. The van der Waals surface area contributed by atoms with Crippen LogP contribution in [0, 0.1) is 13.8 Å². The van der Waals surface area contributed by atoms with Crippen molar-refractivity contribution in [2.75, 3.05) is 11.5 Å². The molecule has 0 radical (unpaired) electrons. The third kappa shape index (κ3) is 17.8. The van der Waals surface area contributed by atoms with Crippen LogP contribution >= 0.6 is 11.8 Å². The Balaban J connectivity index is -0.000000320. The Hall–Kier alpha value is -1.73. The molecule has 0 aliphatic rings. The van der Waals surface area contributed by atoms with E-state index in [9.17, 15) is 0 Å². The summed E-state index contributed by atoms with van der Waals surface area (Å²) in [7, 11) is 0. The van der Waals surface area contributed by atoms with Gasteiger partial charge in [-0.1, -0.05) is 12.2 Å². The van der Waals surface area contributed by atoms with Crippen molar-refractivity contribution in [3.63, 3.8) is 0 Å². The van der Waals surface area contributed by atoms with Crippen LogP contribution in [0.25, 0.3) is 0 Å². The molecule has 0 aromatic heterocycles. The molecular weight excluding hydrogens is 670 g/mol. The Labute approximate surface area is 60.3 Å². The fourth-order valence-electron chi connectivity index (χ4n) is 0.340. The third-order valence-corrected chi connectivity index (χ3v) is 1.86. The van der Waals surface area contributed by atoms with Crippen LogP contribution in [-0.4, -0.2) is 33.9 Å². The van der Waals surface area contributed by atoms with Crippen molar-refractivity contribution in [3.05, 3.63) is 13.8 Å². The molecule has 0 aromatic rings. The second-order valence-electron chi connectivity index (χ2n) is 1.85. The van der Waals surface area contributed by atoms with E-state index in [1.54, 1.807) is 0 Å². The standard InChI is InChI=1S/C6H12O2S.2Rf/c1-5(7)3-9-4-6(2)8;;/h5-8H,1-4H2;;/q-2;;. The van der Waals surface area contributed by atoms with Gasteiger partial charge in [0.15, 0.2) is 0 Å². The van der Waals surface area contributed by atoms with Gasteiger partial charge in [-0.25, -0.2) is 0 Å². The molecule has 0 aliphatic carbocycles. The maximum atomic E-state index is 8.63. The Morgan fingerprint density at radius 3 is 1.45 bits per heavy atom. The van der Waals surface area contributed by atoms with E-state index in [-0.39, 0.29) is 0 Å². The number of hydrogen-bond donors (Lipinski definition) is 2. The molecule has 0 rings (SSSR count). The molecule has 0 fully saturated rings. The molecule has 0 aliphatic heterocycles. The van der Waals surface area contributed by atoms with Gasteiger partial charge in [-0.15, -0.1) is 0 Å². The van der Waals surface area contributed by atoms with Crippen molar-refractivity contribution in [2.24, 2.45) is 0 Å². The maximum absolute atomic E-state index is 8.63. The fourth-order valence-corrected chi connectivity index (χ4v) is 1.02. The van der Waals surface area contributed by atoms with Crippen LogP contribution in [0.5, 0.6) is 0 Å². The van der Waals surface area contributed by atoms with Gasteiger partial charge in [0.05, 0.1) is 0 Å². The van der Waals surface area contributed by atoms with Crippen molar-refractivity contribution in [1.82, 2.24) is 0 Å². The second kappa shape index (κ2) is 8.27. The van der Waals surface area contributed by atoms with Gasteiger partial charge >= 0.3 is 0 Å². The summed E-state index contributed by atoms with van der Waals surface area (Å²) in [6.07, 6.45) is -1.07. The van der Waals surface area contributed by atoms with Crippen LogP contribution in [0.2, 0.25) is 0 Å². The topological polar surface area (TPSA) is 40.5 Å². The smallest absolute Gasteiger partial charge is 0 e. The average molecular weight is 682 g/mol. The zero-order chi connectivity index (χ0) is 7.28. The van der Waals surface area contributed by atoms with Gasteiger partial charge in [0.1, 0.15) is 0 Å². The first-order chi connectivity index (χ1) is 4.13. The van der Waals surface area contributed by atoms with Gasteiger partial charge in [0.25, 0.3) is 0 Å². The Morgan fingerprint density at radius 1 is 1.00 bits per heavy atom. The molecule has 2 unspecified atom stereocenters. The molecule has 5 heteroatoms. The SMILES string of the molecule is [CH2-]C(O)CSCC([CH2-])O.[Rf].[Rf]. The quantitative estimate of drug-likeness (QED) is 0.415. The van der Waals surface area contributed by atoms with E-state index in [1.165, 1.54) is 11.8 Å². The van der Waals surface area contributed by atoms with E-state index in [0.29, 0.717) is 11.5 Å². The van der Waals surface area contributed by atoms with Gasteiger partial charge in [0.2, 0.25) is 0 Å². The van der Waals surface area contributed by atoms with Crippen molar-refractivity contribution in [3.8, 4) is 0 Å². The monoisotopic (exact) mass is 682 g/mol.